The predicted octanol–water partition coefficient (Wildman–Crippen LogP) is 4.70. The number of hydrogen-bond donors (Lipinski definition) is 1. The summed E-state index contributed by atoms with van der Waals surface area (Å²) in [6.45, 7) is 1.87. The smallest absolute Gasteiger partial charge is 0.256 e. The van der Waals surface area contributed by atoms with Gasteiger partial charge in [0.1, 0.15) is 11.6 Å². The van der Waals surface area contributed by atoms with Crippen molar-refractivity contribution in [2.45, 2.75) is 6.92 Å². The van der Waals surface area contributed by atoms with E-state index in [0.717, 1.165) is 21.7 Å². The molecular formula is C19H15ClN4O2S. The number of aromatic nitrogens is 3. The van der Waals surface area contributed by atoms with E-state index in [2.05, 4.69) is 15.4 Å². The second kappa shape index (κ2) is 7.02. The summed E-state index contributed by atoms with van der Waals surface area (Å²) in [6.07, 6.45) is 0. The van der Waals surface area contributed by atoms with Crippen molar-refractivity contribution in [3.05, 3.63) is 64.8 Å². The maximum atomic E-state index is 12.5. The second-order valence-electron chi connectivity index (χ2n) is 5.87. The summed E-state index contributed by atoms with van der Waals surface area (Å²) in [5.74, 6) is 1.06. The van der Waals surface area contributed by atoms with Crippen molar-refractivity contribution in [3.8, 4) is 10.9 Å². The van der Waals surface area contributed by atoms with Gasteiger partial charge in [-0.15, -0.1) is 0 Å². The lowest BCUT2D eigenvalue weighted by atomic mass is 10.2. The van der Waals surface area contributed by atoms with E-state index in [1.165, 1.54) is 11.3 Å². The highest BCUT2D eigenvalue weighted by atomic mass is 35.5. The van der Waals surface area contributed by atoms with Crippen LogP contribution in [0.2, 0.25) is 5.02 Å². The van der Waals surface area contributed by atoms with Crippen molar-refractivity contribution >= 4 is 44.9 Å². The molecule has 2 aromatic carbocycles. The van der Waals surface area contributed by atoms with Crippen LogP contribution in [0.5, 0.6) is 5.75 Å². The van der Waals surface area contributed by atoms with E-state index in [1.54, 1.807) is 42.1 Å². The van der Waals surface area contributed by atoms with Crippen LogP contribution in [-0.2, 0) is 0 Å². The van der Waals surface area contributed by atoms with Gasteiger partial charge in [0.05, 0.1) is 23.0 Å². The number of methoxy groups -OCH3 is 1. The molecule has 4 rings (SSSR count). The van der Waals surface area contributed by atoms with Gasteiger partial charge < -0.3 is 10.1 Å². The van der Waals surface area contributed by atoms with Gasteiger partial charge in [0.25, 0.3) is 5.91 Å². The number of amides is 1. The van der Waals surface area contributed by atoms with Crippen molar-refractivity contribution in [1.82, 2.24) is 14.8 Å². The molecule has 2 aromatic heterocycles. The molecule has 1 N–H and O–H groups in total. The van der Waals surface area contributed by atoms with Gasteiger partial charge in [-0.25, -0.2) is 4.98 Å². The van der Waals surface area contributed by atoms with Crippen molar-refractivity contribution in [2.75, 3.05) is 12.4 Å². The molecular weight excluding hydrogens is 384 g/mol. The Morgan fingerprint density at radius 2 is 1.96 bits per heavy atom. The van der Waals surface area contributed by atoms with Crippen LogP contribution in [0.3, 0.4) is 0 Å². The molecule has 6 nitrogen and oxygen atoms in total. The zero-order valence-corrected chi connectivity index (χ0v) is 16.1. The summed E-state index contributed by atoms with van der Waals surface area (Å²) in [7, 11) is 1.62. The van der Waals surface area contributed by atoms with E-state index in [0.29, 0.717) is 21.5 Å². The van der Waals surface area contributed by atoms with Crippen molar-refractivity contribution in [3.63, 3.8) is 0 Å². The maximum Gasteiger partial charge on any atom is 0.256 e. The molecule has 27 heavy (non-hydrogen) atoms. The Kier molecular flexibility index (Phi) is 4.55. The average molecular weight is 399 g/mol. The number of nitrogens with one attached hydrogen (secondary N) is 1. The van der Waals surface area contributed by atoms with Crippen LogP contribution in [0.1, 0.15) is 16.1 Å². The number of hydrogen-bond acceptors (Lipinski definition) is 5. The third kappa shape index (κ3) is 3.51. The Morgan fingerprint density at radius 3 is 2.70 bits per heavy atom. The number of fused-ring (bicyclic) bond motifs is 1. The number of halogens is 1. The van der Waals surface area contributed by atoms with Crippen LogP contribution in [0.25, 0.3) is 15.3 Å². The Labute approximate surface area is 164 Å². The first kappa shape index (κ1) is 17.5. The molecule has 0 bridgehead atoms. The molecule has 0 aliphatic heterocycles. The average Bonchev–Trinajstić information content (AvgIpc) is 3.24. The third-order valence-corrected chi connectivity index (χ3v) is 5.21. The number of thiazole rings is 1. The van der Waals surface area contributed by atoms with Gasteiger partial charge in [-0.1, -0.05) is 22.9 Å². The number of aryl methyl sites for hydroxylation is 1. The molecule has 2 heterocycles. The molecule has 0 atom stereocenters. The Hall–Kier alpha value is -2.90. The number of nitrogens with zero attached hydrogens (tertiary/aromatic N) is 3. The van der Waals surface area contributed by atoms with Crippen molar-refractivity contribution in [1.29, 1.82) is 0 Å². The molecule has 0 saturated heterocycles. The lowest BCUT2D eigenvalue weighted by Gasteiger charge is -2.06. The topological polar surface area (TPSA) is 69.0 Å². The Morgan fingerprint density at radius 1 is 1.19 bits per heavy atom. The Balaban J connectivity index is 1.68. The van der Waals surface area contributed by atoms with Gasteiger partial charge in [-0.2, -0.15) is 9.78 Å². The highest BCUT2D eigenvalue weighted by Crippen LogP contribution is 2.29. The summed E-state index contributed by atoms with van der Waals surface area (Å²) in [4.78, 5) is 17.2. The number of carbonyl (C=O) groups excluding carboxylic acids is 1. The van der Waals surface area contributed by atoms with Crippen molar-refractivity contribution < 1.29 is 9.53 Å². The summed E-state index contributed by atoms with van der Waals surface area (Å²) >= 11 is 7.37. The van der Waals surface area contributed by atoms with Gasteiger partial charge in [0, 0.05) is 22.7 Å². The second-order valence-corrected chi connectivity index (χ2v) is 7.32. The minimum Gasteiger partial charge on any atom is -0.497 e. The van der Waals surface area contributed by atoms with E-state index in [4.69, 9.17) is 16.3 Å². The fourth-order valence-corrected chi connectivity index (χ4v) is 3.67. The number of anilines is 1. The van der Waals surface area contributed by atoms with Crippen LogP contribution in [0, 0.1) is 6.92 Å². The van der Waals surface area contributed by atoms with E-state index >= 15 is 0 Å². The first-order chi connectivity index (χ1) is 13.0. The molecule has 0 fully saturated rings. The Bertz CT molecular complexity index is 1130. The number of rotatable bonds is 4. The summed E-state index contributed by atoms with van der Waals surface area (Å²) in [5, 5.41) is 8.62. The van der Waals surface area contributed by atoms with Crippen LogP contribution in [0.4, 0.5) is 5.82 Å². The quantitative estimate of drug-likeness (QED) is 0.540. The van der Waals surface area contributed by atoms with E-state index in [1.807, 2.05) is 25.1 Å². The monoisotopic (exact) mass is 398 g/mol. The normalized spacial score (nSPS) is 10.9. The van der Waals surface area contributed by atoms with Gasteiger partial charge >= 0.3 is 0 Å². The summed E-state index contributed by atoms with van der Waals surface area (Å²) < 4.78 is 7.90. The van der Waals surface area contributed by atoms with Crippen molar-refractivity contribution in [2.24, 2.45) is 0 Å². The standard InChI is InChI=1S/C19H15ClN4O2S/c1-11-9-17(22-18(25)12-3-5-13(20)6-4-12)24(23-11)19-21-15-10-14(26-2)7-8-16(15)27-19/h3-10H,1-2H3,(H,22,25). The molecule has 4 aromatic rings. The lowest BCUT2D eigenvalue weighted by molar-refractivity contribution is 0.102. The molecule has 0 aliphatic rings. The predicted molar refractivity (Wildman–Crippen MR) is 107 cm³/mol. The first-order valence-electron chi connectivity index (χ1n) is 8.12. The highest BCUT2D eigenvalue weighted by molar-refractivity contribution is 7.20. The maximum absolute atomic E-state index is 12.5. The molecule has 0 unspecified atom stereocenters. The van der Waals surface area contributed by atoms with Gasteiger partial charge in [0.2, 0.25) is 5.13 Å². The van der Waals surface area contributed by atoms with Crippen LogP contribution >= 0.6 is 22.9 Å². The van der Waals surface area contributed by atoms with E-state index < -0.39 is 0 Å². The minimum absolute atomic E-state index is 0.240. The number of ether oxygens (including phenoxy) is 1. The largest absolute Gasteiger partial charge is 0.497 e. The third-order valence-electron chi connectivity index (χ3n) is 3.94. The van der Waals surface area contributed by atoms with Gasteiger partial charge in [-0.3, -0.25) is 4.79 Å². The SMILES string of the molecule is COc1ccc2sc(-n3nc(C)cc3NC(=O)c3ccc(Cl)cc3)nc2c1. The molecule has 0 radical (unpaired) electrons. The minimum atomic E-state index is -0.240. The highest BCUT2D eigenvalue weighted by Gasteiger charge is 2.15. The summed E-state index contributed by atoms with van der Waals surface area (Å²) in [5.41, 5.74) is 2.11. The van der Waals surface area contributed by atoms with Crippen LogP contribution in [0.15, 0.2) is 48.5 Å². The molecule has 0 spiro atoms. The van der Waals surface area contributed by atoms with Crippen LogP contribution in [-0.4, -0.2) is 27.8 Å². The molecule has 0 aliphatic carbocycles. The number of benzene rings is 2. The van der Waals surface area contributed by atoms with Crippen LogP contribution < -0.4 is 10.1 Å². The summed E-state index contributed by atoms with van der Waals surface area (Å²) in [6, 6.07) is 14.2. The molecule has 1 amide bonds. The van der Waals surface area contributed by atoms with E-state index in [9.17, 15) is 4.79 Å². The molecule has 8 heteroatoms. The zero-order chi connectivity index (χ0) is 19.0. The number of carbonyl (C=O) groups is 1. The fraction of sp³-hybridized carbons (Fsp3) is 0.105. The van der Waals surface area contributed by atoms with E-state index in [-0.39, 0.29) is 5.91 Å². The van der Waals surface area contributed by atoms with Gasteiger partial charge in [-0.05, 0) is 43.3 Å². The fourth-order valence-electron chi connectivity index (χ4n) is 2.64. The molecule has 136 valence electrons. The molecule has 0 saturated carbocycles. The zero-order valence-electron chi connectivity index (χ0n) is 14.6. The lowest BCUT2D eigenvalue weighted by Crippen LogP contribution is -2.15. The first-order valence-corrected chi connectivity index (χ1v) is 9.31. The van der Waals surface area contributed by atoms with Gasteiger partial charge in [0.15, 0.2) is 0 Å².